The van der Waals surface area contributed by atoms with Crippen molar-refractivity contribution in [3.8, 4) is 0 Å². The molecule has 2 fully saturated rings. The van der Waals surface area contributed by atoms with Crippen molar-refractivity contribution in [2.24, 2.45) is 5.92 Å². The van der Waals surface area contributed by atoms with Crippen molar-refractivity contribution >= 4 is 16.9 Å². The summed E-state index contributed by atoms with van der Waals surface area (Å²) in [7, 11) is 0. The fourth-order valence-corrected chi connectivity index (χ4v) is 4.43. The predicted octanol–water partition coefficient (Wildman–Crippen LogP) is 3.21. The average Bonchev–Trinajstić information content (AvgIpc) is 3.18. The van der Waals surface area contributed by atoms with Gasteiger partial charge >= 0.3 is 6.03 Å². The summed E-state index contributed by atoms with van der Waals surface area (Å²) in [6.45, 7) is 3.80. The fourth-order valence-electron chi connectivity index (χ4n) is 4.43. The number of hydrogen-bond acceptors (Lipinski definition) is 3. The molecule has 0 atom stereocenters. The highest BCUT2D eigenvalue weighted by atomic mass is 19.1. The Bertz CT molecular complexity index is 928. The van der Waals surface area contributed by atoms with Crippen molar-refractivity contribution in [2.45, 2.75) is 58.0 Å². The second kappa shape index (κ2) is 7.89. The summed E-state index contributed by atoms with van der Waals surface area (Å²) in [5, 5.41) is 3.59. The lowest BCUT2D eigenvalue weighted by Crippen LogP contribution is -2.47. The fraction of sp³-hybridized carbons (Fsp3) is 0.571. The lowest BCUT2D eigenvalue weighted by atomic mass is 9.96. The van der Waals surface area contributed by atoms with E-state index in [9.17, 15) is 14.0 Å². The molecule has 1 saturated carbocycles. The van der Waals surface area contributed by atoms with Gasteiger partial charge in [-0.05, 0) is 50.7 Å². The summed E-state index contributed by atoms with van der Waals surface area (Å²) in [5.74, 6) is 0.538. The molecule has 0 unspecified atom stereocenters. The van der Waals surface area contributed by atoms with Gasteiger partial charge in [-0.3, -0.25) is 9.36 Å². The molecule has 4 rings (SSSR count). The number of benzene rings is 1. The van der Waals surface area contributed by atoms with E-state index in [2.05, 4.69) is 10.3 Å². The van der Waals surface area contributed by atoms with Crippen molar-refractivity contribution in [2.75, 3.05) is 13.1 Å². The first-order valence-electron chi connectivity index (χ1n) is 10.2. The summed E-state index contributed by atoms with van der Waals surface area (Å²) < 4.78 is 15.1. The highest BCUT2D eigenvalue weighted by Gasteiger charge is 2.26. The number of halogens is 1. The number of fused-ring (bicyclic) bond motifs is 1. The Labute approximate surface area is 163 Å². The number of carbonyl (C=O) groups is 1. The number of piperidine rings is 1. The zero-order valence-electron chi connectivity index (χ0n) is 16.3. The minimum Gasteiger partial charge on any atom is -0.335 e. The van der Waals surface area contributed by atoms with E-state index in [1.165, 1.54) is 31.0 Å². The van der Waals surface area contributed by atoms with Crippen molar-refractivity contribution in [3.05, 3.63) is 40.2 Å². The van der Waals surface area contributed by atoms with Crippen molar-refractivity contribution < 1.29 is 9.18 Å². The molecule has 0 spiro atoms. The average molecular weight is 386 g/mol. The van der Waals surface area contributed by atoms with Crippen LogP contribution in [0, 0.1) is 18.7 Å². The van der Waals surface area contributed by atoms with Crippen LogP contribution in [0.5, 0.6) is 0 Å². The Morgan fingerprint density at radius 2 is 1.93 bits per heavy atom. The third-order valence-corrected chi connectivity index (χ3v) is 6.13. The zero-order chi connectivity index (χ0) is 19.7. The van der Waals surface area contributed by atoms with Crippen LogP contribution < -0.4 is 10.9 Å². The molecule has 2 aliphatic rings. The van der Waals surface area contributed by atoms with E-state index >= 15 is 0 Å². The minimum atomic E-state index is -0.389. The number of likely N-dealkylation sites (tertiary alicyclic amines) is 1. The maximum Gasteiger partial charge on any atom is 0.317 e. The summed E-state index contributed by atoms with van der Waals surface area (Å²) in [6.07, 6.45) is 6.31. The predicted molar refractivity (Wildman–Crippen MR) is 106 cm³/mol. The number of nitrogens with one attached hydrogen (secondary N) is 1. The van der Waals surface area contributed by atoms with Crippen molar-refractivity contribution in [1.29, 1.82) is 0 Å². The summed E-state index contributed by atoms with van der Waals surface area (Å²) in [4.78, 5) is 31.6. The van der Waals surface area contributed by atoms with Gasteiger partial charge in [-0.2, -0.15) is 0 Å². The Morgan fingerprint density at radius 3 is 2.64 bits per heavy atom. The first kappa shape index (κ1) is 18.9. The van der Waals surface area contributed by atoms with Crippen LogP contribution in [0.3, 0.4) is 0 Å². The Hall–Kier alpha value is -2.44. The van der Waals surface area contributed by atoms with Gasteiger partial charge in [0.1, 0.15) is 11.6 Å². The Balaban J connectivity index is 1.40. The van der Waals surface area contributed by atoms with Gasteiger partial charge in [-0.15, -0.1) is 0 Å². The molecule has 1 aliphatic heterocycles. The van der Waals surface area contributed by atoms with Crippen LogP contribution in [0.15, 0.2) is 23.0 Å². The molecule has 6 nitrogen and oxygen atoms in total. The number of rotatable bonds is 3. The number of carbonyl (C=O) groups excluding carboxylic acids is 1. The van der Waals surface area contributed by atoms with Gasteiger partial charge in [0.25, 0.3) is 5.56 Å². The van der Waals surface area contributed by atoms with Crippen LogP contribution in [0.1, 0.15) is 44.3 Å². The molecule has 1 aromatic heterocycles. The number of nitrogens with zero attached hydrogens (tertiary/aromatic N) is 3. The SMILES string of the molecule is Cc1nc2cc(F)ccc2c(=O)n1CC1CCN(C(=O)NC2CCCC2)CC1. The highest BCUT2D eigenvalue weighted by molar-refractivity contribution is 5.77. The van der Waals surface area contributed by atoms with Crippen LogP contribution >= 0.6 is 0 Å². The third-order valence-electron chi connectivity index (χ3n) is 6.13. The number of amides is 2. The molecule has 1 aromatic carbocycles. The summed E-state index contributed by atoms with van der Waals surface area (Å²) >= 11 is 0. The molecule has 0 bridgehead atoms. The first-order chi connectivity index (χ1) is 13.5. The molecule has 2 aromatic rings. The molecule has 2 amide bonds. The number of urea groups is 1. The second-order valence-electron chi connectivity index (χ2n) is 8.10. The highest BCUT2D eigenvalue weighted by Crippen LogP contribution is 2.22. The van der Waals surface area contributed by atoms with Gasteiger partial charge in [0.15, 0.2) is 0 Å². The van der Waals surface area contributed by atoms with Gasteiger partial charge in [-0.1, -0.05) is 12.8 Å². The van der Waals surface area contributed by atoms with E-state index in [4.69, 9.17) is 0 Å². The van der Waals surface area contributed by atoms with Crippen LogP contribution in [0.25, 0.3) is 10.9 Å². The van der Waals surface area contributed by atoms with Crippen molar-refractivity contribution in [1.82, 2.24) is 19.8 Å². The Morgan fingerprint density at radius 1 is 1.21 bits per heavy atom. The molecular weight excluding hydrogens is 359 g/mol. The Kier molecular flexibility index (Phi) is 5.33. The number of aromatic nitrogens is 2. The zero-order valence-corrected chi connectivity index (χ0v) is 16.3. The maximum absolute atomic E-state index is 13.4. The smallest absolute Gasteiger partial charge is 0.317 e. The molecule has 1 N–H and O–H groups in total. The standard InChI is InChI=1S/C21H27FN4O2/c1-14-23-19-12-16(22)6-7-18(19)20(27)26(14)13-15-8-10-25(11-9-15)21(28)24-17-4-2-3-5-17/h6-7,12,15,17H,2-5,8-11,13H2,1H3,(H,24,28). The molecule has 0 radical (unpaired) electrons. The van der Waals surface area contributed by atoms with E-state index in [1.807, 2.05) is 4.90 Å². The normalized spacial score (nSPS) is 18.7. The molecule has 1 aliphatic carbocycles. The van der Waals surface area contributed by atoms with E-state index in [0.29, 0.717) is 48.3 Å². The monoisotopic (exact) mass is 386 g/mol. The first-order valence-corrected chi connectivity index (χ1v) is 10.2. The minimum absolute atomic E-state index is 0.0492. The molecule has 1 saturated heterocycles. The van der Waals surface area contributed by atoms with Crippen LogP contribution in [0.4, 0.5) is 9.18 Å². The van der Waals surface area contributed by atoms with Gasteiger partial charge < -0.3 is 10.2 Å². The molecule has 2 heterocycles. The van der Waals surface area contributed by atoms with Gasteiger partial charge in [0.2, 0.25) is 0 Å². The van der Waals surface area contributed by atoms with Crippen LogP contribution in [-0.2, 0) is 6.54 Å². The summed E-state index contributed by atoms with van der Waals surface area (Å²) in [6, 6.07) is 4.49. The van der Waals surface area contributed by atoms with E-state index in [-0.39, 0.29) is 17.4 Å². The van der Waals surface area contributed by atoms with Gasteiger partial charge in [0, 0.05) is 31.7 Å². The van der Waals surface area contributed by atoms with Gasteiger partial charge in [-0.25, -0.2) is 14.2 Å². The van der Waals surface area contributed by atoms with Crippen LogP contribution in [0.2, 0.25) is 0 Å². The second-order valence-corrected chi connectivity index (χ2v) is 8.10. The largest absolute Gasteiger partial charge is 0.335 e. The van der Waals surface area contributed by atoms with Crippen molar-refractivity contribution in [3.63, 3.8) is 0 Å². The molecule has 7 heteroatoms. The molecular formula is C21H27FN4O2. The third kappa shape index (κ3) is 3.88. The topological polar surface area (TPSA) is 67.2 Å². The van der Waals surface area contributed by atoms with E-state index in [0.717, 1.165) is 25.7 Å². The maximum atomic E-state index is 13.4. The molecule has 150 valence electrons. The van der Waals surface area contributed by atoms with E-state index < -0.39 is 0 Å². The quantitative estimate of drug-likeness (QED) is 0.881. The number of aryl methyl sites for hydroxylation is 1. The van der Waals surface area contributed by atoms with Gasteiger partial charge in [0.05, 0.1) is 10.9 Å². The van der Waals surface area contributed by atoms with E-state index in [1.54, 1.807) is 11.5 Å². The summed E-state index contributed by atoms with van der Waals surface area (Å²) in [5.41, 5.74) is 0.279. The number of hydrogen-bond donors (Lipinski definition) is 1. The van der Waals surface area contributed by atoms with Crippen LogP contribution in [-0.4, -0.2) is 39.6 Å². The lowest BCUT2D eigenvalue weighted by Gasteiger charge is -2.33. The lowest BCUT2D eigenvalue weighted by molar-refractivity contribution is 0.162. The molecule has 28 heavy (non-hydrogen) atoms.